The van der Waals surface area contributed by atoms with Crippen molar-refractivity contribution in [2.75, 3.05) is 31.2 Å². The fourth-order valence-corrected chi connectivity index (χ4v) is 4.31. The summed E-state index contributed by atoms with van der Waals surface area (Å²) in [6.45, 7) is 4.72. The maximum atomic E-state index is 11.8. The van der Waals surface area contributed by atoms with E-state index >= 15 is 0 Å². The van der Waals surface area contributed by atoms with E-state index in [4.69, 9.17) is 4.74 Å². The molecule has 0 bridgehead atoms. The van der Waals surface area contributed by atoms with Crippen LogP contribution in [0.2, 0.25) is 0 Å². The summed E-state index contributed by atoms with van der Waals surface area (Å²) in [5.41, 5.74) is 0.103. The summed E-state index contributed by atoms with van der Waals surface area (Å²) in [6.07, 6.45) is 5.57. The van der Waals surface area contributed by atoms with Crippen molar-refractivity contribution in [1.82, 2.24) is 4.90 Å². The molecule has 0 aromatic heterocycles. The summed E-state index contributed by atoms with van der Waals surface area (Å²) < 4.78 is 5.15. The largest absolute Gasteiger partial charge is 0.466 e. The summed E-state index contributed by atoms with van der Waals surface area (Å²) in [5.74, 6) is 2.34. The molecule has 98 valence electrons. The number of ether oxygens (including phenoxy) is 1. The lowest BCUT2D eigenvalue weighted by molar-refractivity contribution is -0.146. The number of nitrogens with zero attached hydrogens (tertiary/aromatic N) is 1. The van der Waals surface area contributed by atoms with Gasteiger partial charge < -0.3 is 4.74 Å². The first-order valence-electron chi connectivity index (χ1n) is 6.75. The fourth-order valence-electron chi connectivity index (χ4n) is 3.01. The van der Waals surface area contributed by atoms with Crippen LogP contribution in [0.25, 0.3) is 0 Å². The first-order chi connectivity index (χ1) is 8.27. The molecule has 0 aliphatic carbocycles. The standard InChI is InChI=1S/C13H23NO2S/c1-2-16-12(15)10-13(6-5-9-17-11-13)14-7-3-4-8-14/h2-11H2,1H3. The molecule has 0 aromatic carbocycles. The molecule has 2 rings (SSSR count). The van der Waals surface area contributed by atoms with Crippen molar-refractivity contribution in [2.45, 2.75) is 44.6 Å². The molecule has 0 amide bonds. The van der Waals surface area contributed by atoms with Gasteiger partial charge in [0.2, 0.25) is 0 Å². The van der Waals surface area contributed by atoms with Crippen LogP contribution in [0.5, 0.6) is 0 Å². The van der Waals surface area contributed by atoms with E-state index in [-0.39, 0.29) is 11.5 Å². The lowest BCUT2D eigenvalue weighted by atomic mass is 9.89. The molecule has 2 heterocycles. The monoisotopic (exact) mass is 257 g/mol. The van der Waals surface area contributed by atoms with Gasteiger partial charge in [0.25, 0.3) is 0 Å². The number of rotatable bonds is 4. The van der Waals surface area contributed by atoms with E-state index in [0.29, 0.717) is 13.0 Å². The highest BCUT2D eigenvalue weighted by atomic mass is 32.2. The van der Waals surface area contributed by atoms with Crippen LogP contribution in [-0.2, 0) is 9.53 Å². The molecule has 1 unspecified atom stereocenters. The minimum atomic E-state index is -0.0121. The van der Waals surface area contributed by atoms with E-state index in [0.717, 1.165) is 5.75 Å². The molecule has 2 saturated heterocycles. The fraction of sp³-hybridized carbons (Fsp3) is 0.923. The van der Waals surface area contributed by atoms with Gasteiger partial charge in [0.05, 0.1) is 13.0 Å². The first-order valence-corrected chi connectivity index (χ1v) is 7.91. The van der Waals surface area contributed by atoms with Gasteiger partial charge in [-0.3, -0.25) is 9.69 Å². The van der Waals surface area contributed by atoms with Gasteiger partial charge in [-0.25, -0.2) is 0 Å². The number of carbonyl (C=O) groups is 1. The molecule has 0 radical (unpaired) electrons. The van der Waals surface area contributed by atoms with Crippen LogP contribution in [0.3, 0.4) is 0 Å². The Morgan fingerprint density at radius 3 is 2.71 bits per heavy atom. The van der Waals surface area contributed by atoms with Crippen LogP contribution in [0, 0.1) is 0 Å². The summed E-state index contributed by atoms with van der Waals surface area (Å²) in [5, 5.41) is 0. The summed E-state index contributed by atoms with van der Waals surface area (Å²) in [6, 6.07) is 0. The highest BCUT2D eigenvalue weighted by Gasteiger charge is 2.41. The number of likely N-dealkylation sites (tertiary alicyclic amines) is 1. The van der Waals surface area contributed by atoms with E-state index in [1.807, 2.05) is 18.7 Å². The molecule has 0 N–H and O–H groups in total. The Labute approximate surface area is 108 Å². The summed E-state index contributed by atoms with van der Waals surface area (Å²) in [4.78, 5) is 14.4. The number of hydrogen-bond donors (Lipinski definition) is 0. The quantitative estimate of drug-likeness (QED) is 0.723. The Balaban J connectivity index is 2.02. The molecule has 2 aliphatic heterocycles. The average molecular weight is 257 g/mol. The van der Waals surface area contributed by atoms with E-state index in [1.165, 1.54) is 44.5 Å². The van der Waals surface area contributed by atoms with Crippen LogP contribution in [0.4, 0.5) is 0 Å². The molecule has 1 atom stereocenters. The second-order valence-electron chi connectivity index (χ2n) is 5.06. The van der Waals surface area contributed by atoms with Gasteiger partial charge in [0.1, 0.15) is 0 Å². The Kier molecular flexibility index (Phi) is 4.74. The molecule has 2 fully saturated rings. The van der Waals surface area contributed by atoms with Gasteiger partial charge >= 0.3 is 5.97 Å². The SMILES string of the molecule is CCOC(=O)CC1(N2CCCC2)CCCSC1. The van der Waals surface area contributed by atoms with Gasteiger partial charge in [-0.1, -0.05) is 0 Å². The van der Waals surface area contributed by atoms with Crippen LogP contribution >= 0.6 is 11.8 Å². The molecular weight excluding hydrogens is 234 g/mol. The number of carbonyl (C=O) groups excluding carboxylic acids is 1. The van der Waals surface area contributed by atoms with E-state index in [2.05, 4.69) is 4.90 Å². The Bertz CT molecular complexity index is 258. The van der Waals surface area contributed by atoms with Crippen molar-refractivity contribution >= 4 is 17.7 Å². The number of hydrogen-bond acceptors (Lipinski definition) is 4. The lowest BCUT2D eigenvalue weighted by Crippen LogP contribution is -2.52. The van der Waals surface area contributed by atoms with Crippen molar-refractivity contribution in [3.8, 4) is 0 Å². The second kappa shape index (κ2) is 6.10. The zero-order valence-electron chi connectivity index (χ0n) is 10.7. The third-order valence-corrected chi connectivity index (χ3v) is 5.18. The highest BCUT2D eigenvalue weighted by molar-refractivity contribution is 7.99. The third kappa shape index (κ3) is 3.16. The van der Waals surface area contributed by atoms with Crippen LogP contribution in [0.1, 0.15) is 39.0 Å². The van der Waals surface area contributed by atoms with Crippen LogP contribution in [0.15, 0.2) is 0 Å². The van der Waals surface area contributed by atoms with Gasteiger partial charge in [0.15, 0.2) is 0 Å². The second-order valence-corrected chi connectivity index (χ2v) is 6.16. The normalized spacial score (nSPS) is 30.4. The highest BCUT2D eigenvalue weighted by Crippen LogP contribution is 2.37. The number of thioether (sulfide) groups is 1. The number of esters is 1. The molecule has 17 heavy (non-hydrogen) atoms. The van der Waals surface area contributed by atoms with Crippen molar-refractivity contribution in [3.63, 3.8) is 0 Å². The van der Waals surface area contributed by atoms with E-state index in [1.54, 1.807) is 0 Å². The van der Waals surface area contributed by atoms with Gasteiger partial charge in [-0.15, -0.1) is 0 Å². The minimum absolute atomic E-state index is 0.0121. The van der Waals surface area contributed by atoms with Crippen LogP contribution in [-0.4, -0.2) is 47.6 Å². The van der Waals surface area contributed by atoms with Gasteiger partial charge in [0, 0.05) is 11.3 Å². The third-order valence-electron chi connectivity index (χ3n) is 3.86. The van der Waals surface area contributed by atoms with Crippen LogP contribution < -0.4 is 0 Å². The van der Waals surface area contributed by atoms with Gasteiger partial charge in [-0.05, 0) is 51.4 Å². The van der Waals surface area contributed by atoms with Crippen molar-refractivity contribution in [2.24, 2.45) is 0 Å². The zero-order chi connectivity index (χ0) is 12.1. The first kappa shape index (κ1) is 13.2. The molecule has 2 aliphatic rings. The molecular formula is C13H23NO2S. The molecule has 0 aromatic rings. The Morgan fingerprint density at radius 1 is 1.35 bits per heavy atom. The van der Waals surface area contributed by atoms with Crippen molar-refractivity contribution < 1.29 is 9.53 Å². The summed E-state index contributed by atoms with van der Waals surface area (Å²) >= 11 is 2.00. The predicted octanol–water partition coefficient (Wildman–Crippen LogP) is 2.30. The molecule has 3 nitrogen and oxygen atoms in total. The smallest absolute Gasteiger partial charge is 0.307 e. The van der Waals surface area contributed by atoms with Crippen molar-refractivity contribution in [3.05, 3.63) is 0 Å². The van der Waals surface area contributed by atoms with E-state index in [9.17, 15) is 4.79 Å². The lowest BCUT2D eigenvalue weighted by Gasteiger charge is -2.43. The predicted molar refractivity (Wildman–Crippen MR) is 71.3 cm³/mol. The zero-order valence-corrected chi connectivity index (χ0v) is 11.6. The van der Waals surface area contributed by atoms with Crippen molar-refractivity contribution in [1.29, 1.82) is 0 Å². The molecule has 0 saturated carbocycles. The Morgan fingerprint density at radius 2 is 2.12 bits per heavy atom. The topological polar surface area (TPSA) is 29.5 Å². The van der Waals surface area contributed by atoms with Gasteiger partial charge in [-0.2, -0.15) is 11.8 Å². The summed E-state index contributed by atoms with van der Waals surface area (Å²) in [7, 11) is 0. The van der Waals surface area contributed by atoms with E-state index < -0.39 is 0 Å². The molecule has 0 spiro atoms. The maximum Gasteiger partial charge on any atom is 0.307 e. The Hall–Kier alpha value is -0.220. The average Bonchev–Trinajstić information content (AvgIpc) is 2.84. The molecule has 4 heteroatoms. The minimum Gasteiger partial charge on any atom is -0.466 e. The maximum absolute atomic E-state index is 11.8.